The maximum absolute atomic E-state index is 12.3. The van der Waals surface area contributed by atoms with E-state index in [9.17, 15) is 14.4 Å². The summed E-state index contributed by atoms with van der Waals surface area (Å²) in [5.74, 6) is -0.750. The van der Waals surface area contributed by atoms with Crippen molar-refractivity contribution >= 4 is 29.3 Å². The molecular formula is C32H39ClN4O3. The summed E-state index contributed by atoms with van der Waals surface area (Å²) >= 11 is 6.26. The number of nitrogens with one attached hydrogen (secondary N) is 1. The number of aryl methyl sites for hydroxylation is 1. The molecule has 0 radical (unpaired) electrons. The molecule has 1 atom stereocenters. The third kappa shape index (κ3) is 5.56. The van der Waals surface area contributed by atoms with Gasteiger partial charge in [-0.3, -0.25) is 29.5 Å². The van der Waals surface area contributed by atoms with E-state index in [2.05, 4.69) is 27.2 Å². The van der Waals surface area contributed by atoms with Crippen molar-refractivity contribution in [3.05, 3.63) is 69.7 Å². The molecule has 2 aromatic rings. The number of nitrogens with zero attached hydrogens (tertiary/aromatic N) is 3. The molecule has 40 heavy (non-hydrogen) atoms. The zero-order valence-electron chi connectivity index (χ0n) is 23.3. The summed E-state index contributed by atoms with van der Waals surface area (Å²) in [4.78, 5) is 42.1. The van der Waals surface area contributed by atoms with Gasteiger partial charge < -0.3 is 4.90 Å². The number of halogens is 1. The van der Waals surface area contributed by atoms with Crippen LogP contribution in [0, 0.1) is 12.3 Å². The third-order valence-corrected chi connectivity index (χ3v) is 9.69. The Kier molecular flexibility index (Phi) is 7.73. The average Bonchev–Trinajstić information content (AvgIpc) is 3.21. The van der Waals surface area contributed by atoms with Gasteiger partial charge in [-0.25, -0.2) is 0 Å². The molecule has 0 bridgehead atoms. The van der Waals surface area contributed by atoms with Crippen LogP contribution in [-0.2, 0) is 22.7 Å². The highest BCUT2D eigenvalue weighted by Gasteiger charge is 2.52. The number of carbonyl (C=O) groups excluding carboxylic acids is 3. The van der Waals surface area contributed by atoms with Gasteiger partial charge in [0.15, 0.2) is 0 Å². The number of likely N-dealkylation sites (tertiary alicyclic amines) is 2. The number of benzene rings is 2. The third-order valence-electron chi connectivity index (χ3n) is 9.32. The molecule has 1 unspecified atom stereocenters. The molecule has 7 rings (SSSR count). The molecule has 3 amide bonds. The van der Waals surface area contributed by atoms with Crippen molar-refractivity contribution in [1.82, 2.24) is 20.0 Å². The number of rotatable bonds is 4. The van der Waals surface area contributed by atoms with Gasteiger partial charge in [-0.05, 0) is 49.4 Å². The molecule has 1 aliphatic carbocycles. The van der Waals surface area contributed by atoms with Gasteiger partial charge in [-0.1, -0.05) is 66.8 Å². The Balaban J connectivity index is 0.000000145. The molecule has 8 heteroatoms. The van der Waals surface area contributed by atoms with Gasteiger partial charge in [0.05, 0.1) is 0 Å². The van der Waals surface area contributed by atoms with Crippen LogP contribution in [0.3, 0.4) is 0 Å². The minimum atomic E-state index is -0.530. The van der Waals surface area contributed by atoms with Crippen LogP contribution in [0.1, 0.15) is 72.0 Å². The van der Waals surface area contributed by atoms with Gasteiger partial charge in [0, 0.05) is 67.7 Å². The monoisotopic (exact) mass is 562 g/mol. The van der Waals surface area contributed by atoms with Crippen LogP contribution in [0.25, 0.3) is 0 Å². The molecule has 7 nitrogen and oxygen atoms in total. The lowest BCUT2D eigenvalue weighted by atomic mass is 9.71. The number of hydrogen-bond acceptors (Lipinski definition) is 5. The molecule has 2 aromatic carbocycles. The minimum absolute atomic E-state index is 0.121. The number of fused-ring (bicyclic) bond motifs is 1. The van der Waals surface area contributed by atoms with E-state index in [1.807, 2.05) is 31.2 Å². The quantitative estimate of drug-likeness (QED) is 0.554. The summed E-state index contributed by atoms with van der Waals surface area (Å²) in [5, 5.41) is 3.21. The fraction of sp³-hybridized carbons (Fsp3) is 0.531. The van der Waals surface area contributed by atoms with E-state index in [1.54, 1.807) is 11.0 Å². The summed E-state index contributed by atoms with van der Waals surface area (Å²) in [6.07, 6.45) is 7.94. The molecule has 0 aromatic heterocycles. The number of carbonyl (C=O) groups is 3. The Labute approximate surface area is 241 Å². The molecule has 3 saturated heterocycles. The smallest absolute Gasteiger partial charge is 0.255 e. The second-order valence-corrected chi connectivity index (χ2v) is 12.9. The number of amides is 3. The lowest BCUT2D eigenvalue weighted by Crippen LogP contribution is -2.73. The zero-order valence-corrected chi connectivity index (χ0v) is 24.1. The number of hydrogen-bond donors (Lipinski definition) is 1. The van der Waals surface area contributed by atoms with E-state index >= 15 is 0 Å². The first kappa shape index (κ1) is 27.4. The lowest BCUT2D eigenvalue weighted by Gasteiger charge is -2.62. The summed E-state index contributed by atoms with van der Waals surface area (Å²) in [7, 11) is 0. The van der Waals surface area contributed by atoms with E-state index in [4.69, 9.17) is 11.6 Å². The standard InChI is InChI=1S/C18H25ClN2.C14H14N2O3/c19-17-9-5-4-6-15(17)10-20-11-18(12-20)13-21(14-18)16-7-2-1-3-8-16;1-8-2-3-10-9(6-8)7-16(14(10)19)11-4-5-12(17)15-13(11)18/h4-6,9,16H,1-3,7-8,10-14H2;2-3,6,11H,4-5,7H2,1H3,(H,15,17,18). The van der Waals surface area contributed by atoms with E-state index < -0.39 is 6.04 Å². The van der Waals surface area contributed by atoms with Crippen molar-refractivity contribution in [3.63, 3.8) is 0 Å². The highest BCUT2D eigenvalue weighted by atomic mass is 35.5. The maximum atomic E-state index is 12.3. The van der Waals surface area contributed by atoms with Crippen LogP contribution in [0.2, 0.25) is 5.02 Å². The highest BCUT2D eigenvalue weighted by molar-refractivity contribution is 6.31. The molecule has 1 N–H and O–H groups in total. The Hall–Kier alpha value is -2.74. The molecule has 1 saturated carbocycles. The van der Waals surface area contributed by atoms with Crippen molar-refractivity contribution < 1.29 is 14.4 Å². The van der Waals surface area contributed by atoms with Crippen LogP contribution in [0.15, 0.2) is 42.5 Å². The Morgan fingerprint density at radius 2 is 1.70 bits per heavy atom. The van der Waals surface area contributed by atoms with Gasteiger partial charge in [0.1, 0.15) is 6.04 Å². The molecule has 4 fully saturated rings. The van der Waals surface area contributed by atoms with Crippen LogP contribution in [0.4, 0.5) is 0 Å². The molecule has 212 valence electrons. The average molecular weight is 563 g/mol. The number of imide groups is 1. The van der Waals surface area contributed by atoms with E-state index in [1.165, 1.54) is 63.8 Å². The molecular weight excluding hydrogens is 524 g/mol. The predicted molar refractivity (Wildman–Crippen MR) is 155 cm³/mol. The van der Waals surface area contributed by atoms with E-state index in [-0.39, 0.29) is 24.1 Å². The van der Waals surface area contributed by atoms with Crippen LogP contribution < -0.4 is 5.32 Å². The topological polar surface area (TPSA) is 73.0 Å². The van der Waals surface area contributed by atoms with Crippen LogP contribution >= 0.6 is 11.6 Å². The fourth-order valence-electron chi connectivity index (χ4n) is 7.30. The Bertz CT molecular complexity index is 1290. The maximum Gasteiger partial charge on any atom is 0.255 e. The van der Waals surface area contributed by atoms with Gasteiger partial charge >= 0.3 is 0 Å². The van der Waals surface area contributed by atoms with Crippen molar-refractivity contribution in [1.29, 1.82) is 0 Å². The van der Waals surface area contributed by atoms with Crippen molar-refractivity contribution in [2.24, 2.45) is 5.41 Å². The summed E-state index contributed by atoms with van der Waals surface area (Å²) < 4.78 is 0. The molecule has 4 heterocycles. The van der Waals surface area contributed by atoms with Gasteiger partial charge in [0.25, 0.3) is 5.91 Å². The van der Waals surface area contributed by atoms with E-state index in [0.717, 1.165) is 28.7 Å². The highest BCUT2D eigenvalue weighted by Crippen LogP contribution is 2.43. The van der Waals surface area contributed by atoms with Gasteiger partial charge in [-0.15, -0.1) is 0 Å². The summed E-state index contributed by atoms with van der Waals surface area (Å²) in [6.45, 7) is 8.66. The molecule has 4 aliphatic heterocycles. The minimum Gasteiger partial charge on any atom is -0.322 e. The summed E-state index contributed by atoms with van der Waals surface area (Å²) in [6, 6.07) is 14.3. The van der Waals surface area contributed by atoms with Gasteiger partial charge in [0.2, 0.25) is 11.8 Å². The normalized spacial score (nSPS) is 24.6. The SMILES string of the molecule is Cc1ccc2c(c1)CN(C1CCC(=O)NC1=O)C2=O.Clc1ccccc1CN1CC2(C1)CN(C1CCCCC1)C2. The lowest BCUT2D eigenvalue weighted by molar-refractivity contribution is -0.137. The fourth-order valence-corrected chi connectivity index (χ4v) is 7.50. The first-order valence-corrected chi connectivity index (χ1v) is 15.1. The second kappa shape index (κ2) is 11.3. The summed E-state index contributed by atoms with van der Waals surface area (Å²) in [5.41, 5.74) is 4.61. The molecule has 5 aliphatic rings. The first-order chi connectivity index (χ1) is 19.3. The largest absolute Gasteiger partial charge is 0.322 e. The zero-order chi connectivity index (χ0) is 27.9. The van der Waals surface area contributed by atoms with Crippen LogP contribution in [-0.4, -0.2) is 70.7 Å². The predicted octanol–water partition coefficient (Wildman–Crippen LogP) is 4.55. The van der Waals surface area contributed by atoms with Crippen molar-refractivity contribution in [2.45, 2.75) is 77.0 Å². The molecule has 1 spiro atoms. The van der Waals surface area contributed by atoms with Crippen molar-refractivity contribution in [3.8, 4) is 0 Å². The van der Waals surface area contributed by atoms with Crippen molar-refractivity contribution in [2.75, 3.05) is 26.2 Å². The van der Waals surface area contributed by atoms with Crippen LogP contribution in [0.5, 0.6) is 0 Å². The Morgan fingerprint density at radius 3 is 2.42 bits per heavy atom. The van der Waals surface area contributed by atoms with E-state index in [0.29, 0.717) is 23.9 Å². The Morgan fingerprint density at radius 1 is 0.950 bits per heavy atom. The second-order valence-electron chi connectivity index (χ2n) is 12.5. The first-order valence-electron chi connectivity index (χ1n) is 14.7. The van der Waals surface area contributed by atoms with Gasteiger partial charge in [-0.2, -0.15) is 0 Å². The number of piperidine rings is 1.